The van der Waals surface area contributed by atoms with Crippen molar-refractivity contribution < 1.29 is 8.42 Å². The Morgan fingerprint density at radius 1 is 1.33 bits per heavy atom. The first-order valence-corrected chi connectivity index (χ1v) is 7.22. The van der Waals surface area contributed by atoms with E-state index in [0.29, 0.717) is 19.0 Å². The first-order valence-electron chi connectivity index (χ1n) is 5.61. The molecular formula is C10H22N2O2S. The molecule has 1 fully saturated rings. The average molecular weight is 234 g/mol. The van der Waals surface area contributed by atoms with Gasteiger partial charge in [0.05, 0.1) is 5.75 Å². The van der Waals surface area contributed by atoms with Crippen molar-refractivity contribution in [2.24, 2.45) is 5.92 Å². The molecule has 1 aliphatic heterocycles. The third-order valence-corrected chi connectivity index (χ3v) is 4.97. The quantitative estimate of drug-likeness (QED) is 0.777. The van der Waals surface area contributed by atoms with E-state index in [-0.39, 0.29) is 11.8 Å². The van der Waals surface area contributed by atoms with Crippen molar-refractivity contribution in [2.75, 3.05) is 25.9 Å². The summed E-state index contributed by atoms with van der Waals surface area (Å²) >= 11 is 0. The molecule has 90 valence electrons. The first kappa shape index (κ1) is 12.9. The third-order valence-electron chi connectivity index (χ3n) is 3.03. The van der Waals surface area contributed by atoms with Crippen molar-refractivity contribution in [1.29, 1.82) is 0 Å². The summed E-state index contributed by atoms with van der Waals surface area (Å²) in [6.45, 7) is 5.34. The van der Waals surface area contributed by atoms with E-state index in [0.717, 1.165) is 12.8 Å². The molecule has 4 nitrogen and oxygen atoms in total. The van der Waals surface area contributed by atoms with Crippen LogP contribution in [0.3, 0.4) is 0 Å². The summed E-state index contributed by atoms with van der Waals surface area (Å²) in [5, 5.41) is 2.88. The molecule has 15 heavy (non-hydrogen) atoms. The van der Waals surface area contributed by atoms with Crippen LogP contribution < -0.4 is 5.32 Å². The Labute approximate surface area is 93.1 Å². The van der Waals surface area contributed by atoms with E-state index in [4.69, 9.17) is 0 Å². The SMILES string of the molecule is CNCCS(=O)(=O)N1CC(C)CCC1C. The molecule has 1 N–H and O–H groups in total. The van der Waals surface area contributed by atoms with Gasteiger partial charge in [0, 0.05) is 19.1 Å². The molecule has 0 radical (unpaired) electrons. The largest absolute Gasteiger partial charge is 0.319 e. The summed E-state index contributed by atoms with van der Waals surface area (Å²) in [6, 6.07) is 0.169. The van der Waals surface area contributed by atoms with Crippen molar-refractivity contribution in [2.45, 2.75) is 32.7 Å². The molecule has 1 heterocycles. The molecular weight excluding hydrogens is 212 g/mol. The van der Waals surface area contributed by atoms with Gasteiger partial charge in [-0.3, -0.25) is 0 Å². The van der Waals surface area contributed by atoms with E-state index in [1.165, 1.54) is 0 Å². The fourth-order valence-corrected chi connectivity index (χ4v) is 3.82. The molecule has 2 atom stereocenters. The molecule has 1 aliphatic rings. The highest BCUT2D eigenvalue weighted by Crippen LogP contribution is 2.24. The van der Waals surface area contributed by atoms with Gasteiger partial charge in [0.15, 0.2) is 0 Å². The van der Waals surface area contributed by atoms with Gasteiger partial charge in [-0.15, -0.1) is 0 Å². The smallest absolute Gasteiger partial charge is 0.215 e. The van der Waals surface area contributed by atoms with Crippen LogP contribution in [0.4, 0.5) is 0 Å². The van der Waals surface area contributed by atoms with E-state index < -0.39 is 10.0 Å². The Morgan fingerprint density at radius 3 is 2.60 bits per heavy atom. The minimum Gasteiger partial charge on any atom is -0.319 e. The number of sulfonamides is 1. The molecule has 0 aliphatic carbocycles. The molecule has 0 spiro atoms. The molecule has 0 aromatic carbocycles. The zero-order chi connectivity index (χ0) is 11.5. The van der Waals surface area contributed by atoms with Crippen molar-refractivity contribution in [3.63, 3.8) is 0 Å². The van der Waals surface area contributed by atoms with Crippen LogP contribution in [0, 0.1) is 5.92 Å². The van der Waals surface area contributed by atoms with E-state index >= 15 is 0 Å². The maximum atomic E-state index is 12.0. The Hall–Kier alpha value is -0.130. The van der Waals surface area contributed by atoms with Crippen LogP contribution in [0.25, 0.3) is 0 Å². The topological polar surface area (TPSA) is 49.4 Å². The molecule has 1 saturated heterocycles. The number of hydrogen-bond donors (Lipinski definition) is 1. The molecule has 0 aromatic heterocycles. The molecule has 0 amide bonds. The molecule has 0 aromatic rings. The molecule has 0 saturated carbocycles. The lowest BCUT2D eigenvalue weighted by Crippen LogP contribution is -2.46. The molecule has 2 unspecified atom stereocenters. The number of nitrogens with zero attached hydrogens (tertiary/aromatic N) is 1. The average Bonchev–Trinajstić information content (AvgIpc) is 2.18. The molecule has 1 rings (SSSR count). The van der Waals surface area contributed by atoms with Crippen LogP contribution in [0.5, 0.6) is 0 Å². The van der Waals surface area contributed by atoms with Crippen LogP contribution in [-0.2, 0) is 10.0 Å². The fraction of sp³-hybridized carbons (Fsp3) is 1.00. The number of rotatable bonds is 4. The molecule has 0 bridgehead atoms. The van der Waals surface area contributed by atoms with E-state index in [1.54, 1.807) is 11.4 Å². The number of piperidine rings is 1. The summed E-state index contributed by atoms with van der Waals surface area (Å²) in [5.74, 6) is 0.700. The van der Waals surface area contributed by atoms with Crippen molar-refractivity contribution in [3.8, 4) is 0 Å². The Bertz CT molecular complexity index is 290. The van der Waals surface area contributed by atoms with E-state index in [9.17, 15) is 8.42 Å². The van der Waals surface area contributed by atoms with Crippen LogP contribution in [0.2, 0.25) is 0 Å². The maximum absolute atomic E-state index is 12.0. The predicted molar refractivity (Wildman–Crippen MR) is 62.3 cm³/mol. The summed E-state index contributed by atoms with van der Waals surface area (Å²) in [5.41, 5.74) is 0. The van der Waals surface area contributed by atoms with Crippen LogP contribution in [-0.4, -0.2) is 44.7 Å². The predicted octanol–water partition coefficient (Wildman–Crippen LogP) is 0.656. The monoisotopic (exact) mass is 234 g/mol. The minimum atomic E-state index is -3.06. The maximum Gasteiger partial charge on any atom is 0.215 e. The highest BCUT2D eigenvalue weighted by molar-refractivity contribution is 7.89. The first-order chi connectivity index (χ1) is 6.97. The summed E-state index contributed by atoms with van der Waals surface area (Å²) in [6.07, 6.45) is 2.12. The molecule has 5 heteroatoms. The van der Waals surface area contributed by atoms with Crippen molar-refractivity contribution >= 4 is 10.0 Å². The van der Waals surface area contributed by atoms with Gasteiger partial charge in [0.25, 0.3) is 0 Å². The normalized spacial score (nSPS) is 29.3. The van der Waals surface area contributed by atoms with Gasteiger partial charge >= 0.3 is 0 Å². The van der Waals surface area contributed by atoms with Crippen molar-refractivity contribution in [3.05, 3.63) is 0 Å². The Balaban J connectivity index is 2.67. The number of nitrogens with one attached hydrogen (secondary N) is 1. The van der Waals surface area contributed by atoms with Gasteiger partial charge in [-0.25, -0.2) is 8.42 Å². The lowest BCUT2D eigenvalue weighted by molar-refractivity contribution is 0.218. The van der Waals surface area contributed by atoms with Gasteiger partial charge in [0.1, 0.15) is 0 Å². The van der Waals surface area contributed by atoms with Gasteiger partial charge in [-0.05, 0) is 32.7 Å². The Morgan fingerprint density at radius 2 is 2.00 bits per heavy atom. The second-order valence-electron chi connectivity index (χ2n) is 4.52. The van der Waals surface area contributed by atoms with Crippen LogP contribution in [0.1, 0.15) is 26.7 Å². The standard InChI is InChI=1S/C10H22N2O2S/c1-9-4-5-10(2)12(8-9)15(13,14)7-6-11-3/h9-11H,4-8H2,1-3H3. The zero-order valence-corrected chi connectivity index (χ0v) is 10.7. The second-order valence-corrected chi connectivity index (χ2v) is 6.56. The second kappa shape index (κ2) is 5.27. The van der Waals surface area contributed by atoms with E-state index in [1.807, 2.05) is 6.92 Å². The lowest BCUT2D eigenvalue weighted by Gasteiger charge is -2.35. The van der Waals surface area contributed by atoms with Gasteiger partial charge in [-0.1, -0.05) is 6.92 Å². The van der Waals surface area contributed by atoms with Gasteiger partial charge in [0.2, 0.25) is 10.0 Å². The van der Waals surface area contributed by atoms with E-state index in [2.05, 4.69) is 12.2 Å². The highest BCUT2D eigenvalue weighted by atomic mass is 32.2. The highest BCUT2D eigenvalue weighted by Gasteiger charge is 2.31. The van der Waals surface area contributed by atoms with Crippen LogP contribution >= 0.6 is 0 Å². The third kappa shape index (κ3) is 3.43. The summed E-state index contributed by atoms with van der Waals surface area (Å²) in [4.78, 5) is 0. The Kier molecular flexibility index (Phi) is 4.55. The summed E-state index contributed by atoms with van der Waals surface area (Å²) in [7, 11) is -1.28. The number of hydrogen-bond acceptors (Lipinski definition) is 3. The van der Waals surface area contributed by atoms with Gasteiger partial charge in [-0.2, -0.15) is 4.31 Å². The fourth-order valence-electron chi connectivity index (χ4n) is 1.98. The van der Waals surface area contributed by atoms with Crippen LogP contribution in [0.15, 0.2) is 0 Å². The summed E-state index contributed by atoms with van der Waals surface area (Å²) < 4.78 is 25.7. The van der Waals surface area contributed by atoms with Gasteiger partial charge < -0.3 is 5.32 Å². The lowest BCUT2D eigenvalue weighted by atomic mass is 9.97. The van der Waals surface area contributed by atoms with Crippen molar-refractivity contribution in [1.82, 2.24) is 9.62 Å². The zero-order valence-electron chi connectivity index (χ0n) is 9.86. The minimum absolute atomic E-state index is 0.169.